The van der Waals surface area contributed by atoms with Crippen LogP contribution < -0.4 is 0 Å². The van der Waals surface area contributed by atoms with Crippen LogP contribution in [0.2, 0.25) is 0 Å². The maximum atomic E-state index is 6.19. The number of aliphatic imine (C=N–C) groups is 1. The lowest BCUT2D eigenvalue weighted by Gasteiger charge is -2.20. The summed E-state index contributed by atoms with van der Waals surface area (Å²) < 4.78 is 0. The van der Waals surface area contributed by atoms with Crippen LogP contribution in [0.1, 0.15) is 52.4 Å². The smallest absolute Gasteiger partial charge is 0.0761 e. The van der Waals surface area contributed by atoms with Crippen LogP contribution >= 0.6 is 11.6 Å². The van der Waals surface area contributed by atoms with Crippen molar-refractivity contribution in [3.8, 4) is 0 Å². The highest BCUT2D eigenvalue weighted by Gasteiger charge is 2.16. The van der Waals surface area contributed by atoms with Gasteiger partial charge < -0.3 is 0 Å². The fourth-order valence-corrected chi connectivity index (χ4v) is 1.64. The zero-order valence-electron chi connectivity index (χ0n) is 8.72. The van der Waals surface area contributed by atoms with E-state index in [4.69, 9.17) is 11.6 Å². The van der Waals surface area contributed by atoms with Gasteiger partial charge in [-0.05, 0) is 26.2 Å². The molecule has 0 aliphatic heterocycles. The molecule has 0 spiro atoms. The molecule has 1 saturated carbocycles. The molecule has 1 atom stereocenters. The Balaban J connectivity index is 2.37. The summed E-state index contributed by atoms with van der Waals surface area (Å²) in [6, 6.07) is 0.554. The minimum absolute atomic E-state index is 0.225. The van der Waals surface area contributed by atoms with Gasteiger partial charge in [0.15, 0.2) is 0 Å². The van der Waals surface area contributed by atoms with E-state index < -0.39 is 0 Å². The van der Waals surface area contributed by atoms with Crippen molar-refractivity contribution in [1.82, 2.24) is 0 Å². The fourth-order valence-electron chi connectivity index (χ4n) is 1.58. The molecular formula is C11H20ClN. The molecule has 1 unspecified atom stereocenters. The van der Waals surface area contributed by atoms with Gasteiger partial charge in [0.1, 0.15) is 0 Å². The van der Waals surface area contributed by atoms with Crippen LogP contribution in [-0.4, -0.2) is 17.1 Å². The molecule has 1 nitrogen and oxygen atoms in total. The summed E-state index contributed by atoms with van der Waals surface area (Å²) in [6.45, 7) is 4.13. The minimum Gasteiger partial charge on any atom is -0.292 e. The molecule has 0 bridgehead atoms. The Bertz CT molecular complexity index is 169. The van der Waals surface area contributed by atoms with Gasteiger partial charge in [-0.15, -0.1) is 11.6 Å². The summed E-state index contributed by atoms with van der Waals surface area (Å²) in [5, 5.41) is 0. The maximum absolute atomic E-state index is 6.19. The normalized spacial score (nSPS) is 24.8. The molecule has 1 aliphatic rings. The van der Waals surface area contributed by atoms with E-state index in [2.05, 4.69) is 11.9 Å². The Morgan fingerprint density at radius 1 is 1.38 bits per heavy atom. The maximum Gasteiger partial charge on any atom is 0.0761 e. The summed E-state index contributed by atoms with van der Waals surface area (Å²) in [5.41, 5.74) is 0. The molecule has 76 valence electrons. The second kappa shape index (κ2) is 4.99. The zero-order valence-corrected chi connectivity index (χ0v) is 9.48. The monoisotopic (exact) mass is 201 g/mol. The molecule has 0 radical (unpaired) electrons. The highest BCUT2D eigenvalue weighted by Crippen LogP contribution is 2.22. The topological polar surface area (TPSA) is 12.4 Å². The standard InChI is InChI=1S/C11H20ClN/c1-3-11(2,12)9-13-10-7-5-4-6-8-10/h9-10H,3-8H2,1-2H3. The molecule has 1 aliphatic carbocycles. The number of nitrogens with zero attached hydrogens (tertiary/aromatic N) is 1. The van der Waals surface area contributed by atoms with Gasteiger partial charge in [0.05, 0.1) is 4.87 Å². The van der Waals surface area contributed by atoms with E-state index in [1.807, 2.05) is 13.1 Å². The van der Waals surface area contributed by atoms with Crippen LogP contribution in [0.15, 0.2) is 4.99 Å². The van der Waals surface area contributed by atoms with Crippen molar-refractivity contribution in [2.24, 2.45) is 4.99 Å². The molecule has 0 amide bonds. The summed E-state index contributed by atoms with van der Waals surface area (Å²) >= 11 is 6.19. The largest absolute Gasteiger partial charge is 0.292 e. The Labute approximate surface area is 86.6 Å². The van der Waals surface area contributed by atoms with Crippen LogP contribution in [0.4, 0.5) is 0 Å². The molecule has 0 saturated heterocycles. The highest BCUT2D eigenvalue weighted by molar-refractivity contribution is 6.31. The molecule has 0 heterocycles. The van der Waals surface area contributed by atoms with Gasteiger partial charge in [-0.1, -0.05) is 26.2 Å². The first-order valence-electron chi connectivity index (χ1n) is 5.37. The molecule has 0 N–H and O–H groups in total. The Morgan fingerprint density at radius 3 is 2.54 bits per heavy atom. The van der Waals surface area contributed by atoms with Gasteiger partial charge in [-0.2, -0.15) is 0 Å². The van der Waals surface area contributed by atoms with Crippen LogP contribution in [-0.2, 0) is 0 Å². The minimum atomic E-state index is -0.225. The lowest BCUT2D eigenvalue weighted by atomic mass is 9.96. The number of alkyl halides is 1. The van der Waals surface area contributed by atoms with Crippen LogP contribution in [0.25, 0.3) is 0 Å². The first kappa shape index (κ1) is 11.0. The average Bonchev–Trinajstić information content (AvgIpc) is 2.17. The molecule has 0 aromatic rings. The lowest BCUT2D eigenvalue weighted by Crippen LogP contribution is -2.19. The first-order valence-corrected chi connectivity index (χ1v) is 5.75. The van der Waals surface area contributed by atoms with Gasteiger partial charge in [0, 0.05) is 12.3 Å². The van der Waals surface area contributed by atoms with E-state index in [9.17, 15) is 0 Å². The predicted octanol–water partition coefficient (Wildman–Crippen LogP) is 3.80. The first-order chi connectivity index (χ1) is 6.14. The van der Waals surface area contributed by atoms with E-state index in [-0.39, 0.29) is 4.87 Å². The average molecular weight is 202 g/mol. The zero-order chi connectivity index (χ0) is 9.73. The second-order valence-corrected chi connectivity index (χ2v) is 5.07. The highest BCUT2D eigenvalue weighted by atomic mass is 35.5. The number of hydrogen-bond donors (Lipinski definition) is 0. The Morgan fingerprint density at radius 2 is 2.00 bits per heavy atom. The Kier molecular flexibility index (Phi) is 4.24. The van der Waals surface area contributed by atoms with E-state index in [1.165, 1.54) is 32.1 Å². The van der Waals surface area contributed by atoms with Crippen LogP contribution in [0.3, 0.4) is 0 Å². The van der Waals surface area contributed by atoms with Crippen LogP contribution in [0.5, 0.6) is 0 Å². The number of rotatable bonds is 3. The summed E-state index contributed by atoms with van der Waals surface area (Å²) in [4.78, 5) is 4.34. The van der Waals surface area contributed by atoms with Crippen molar-refractivity contribution in [2.75, 3.05) is 0 Å². The third-order valence-electron chi connectivity index (χ3n) is 2.82. The van der Waals surface area contributed by atoms with Gasteiger partial charge in [0.25, 0.3) is 0 Å². The SMILES string of the molecule is CCC(C)(Cl)C=NC1CCCCC1. The lowest BCUT2D eigenvalue weighted by molar-refractivity contribution is 0.443. The summed E-state index contributed by atoms with van der Waals surface area (Å²) in [6.07, 6.45) is 9.48. The van der Waals surface area contributed by atoms with Crippen molar-refractivity contribution in [2.45, 2.75) is 63.3 Å². The molecule has 0 aromatic heterocycles. The molecule has 1 rings (SSSR count). The predicted molar refractivity (Wildman–Crippen MR) is 59.9 cm³/mol. The van der Waals surface area contributed by atoms with Crippen molar-refractivity contribution < 1.29 is 0 Å². The second-order valence-electron chi connectivity index (χ2n) is 4.20. The van der Waals surface area contributed by atoms with E-state index in [0.29, 0.717) is 6.04 Å². The third-order valence-corrected chi connectivity index (χ3v) is 3.19. The fraction of sp³-hybridized carbons (Fsp3) is 0.909. The molecule has 1 fully saturated rings. The van der Waals surface area contributed by atoms with Gasteiger partial charge in [-0.25, -0.2) is 0 Å². The van der Waals surface area contributed by atoms with Gasteiger partial charge in [-0.3, -0.25) is 4.99 Å². The summed E-state index contributed by atoms with van der Waals surface area (Å²) in [5.74, 6) is 0. The van der Waals surface area contributed by atoms with E-state index >= 15 is 0 Å². The van der Waals surface area contributed by atoms with Crippen molar-refractivity contribution in [3.63, 3.8) is 0 Å². The van der Waals surface area contributed by atoms with Crippen LogP contribution in [0, 0.1) is 0 Å². The Hall–Kier alpha value is -0.0400. The van der Waals surface area contributed by atoms with E-state index in [1.54, 1.807) is 0 Å². The van der Waals surface area contributed by atoms with Crippen molar-refractivity contribution in [1.29, 1.82) is 0 Å². The van der Waals surface area contributed by atoms with E-state index in [0.717, 1.165) is 6.42 Å². The quantitative estimate of drug-likeness (QED) is 0.487. The molecule has 0 aromatic carbocycles. The molecular weight excluding hydrogens is 182 g/mol. The number of halogens is 1. The van der Waals surface area contributed by atoms with Gasteiger partial charge in [0.2, 0.25) is 0 Å². The van der Waals surface area contributed by atoms with Crippen molar-refractivity contribution in [3.05, 3.63) is 0 Å². The molecule has 13 heavy (non-hydrogen) atoms. The van der Waals surface area contributed by atoms with Gasteiger partial charge >= 0.3 is 0 Å². The number of hydrogen-bond acceptors (Lipinski definition) is 1. The third kappa shape index (κ3) is 4.12. The van der Waals surface area contributed by atoms with Crippen molar-refractivity contribution >= 4 is 17.8 Å². The summed E-state index contributed by atoms with van der Waals surface area (Å²) in [7, 11) is 0. The molecule has 2 heteroatoms.